The van der Waals surface area contributed by atoms with E-state index in [1.54, 1.807) is 11.0 Å². The monoisotopic (exact) mass is 352 g/mol. The first kappa shape index (κ1) is 16.4. The van der Waals surface area contributed by atoms with Crippen LogP contribution in [-0.2, 0) is 6.54 Å². The second-order valence-electron chi connectivity index (χ2n) is 6.20. The molecule has 1 N–H and O–H groups in total. The second-order valence-corrected chi connectivity index (χ2v) is 6.20. The summed E-state index contributed by atoms with van der Waals surface area (Å²) in [6.07, 6.45) is 11.5. The average Bonchev–Trinajstić information content (AvgIpc) is 3.12. The van der Waals surface area contributed by atoms with Crippen molar-refractivity contribution in [3.63, 3.8) is 0 Å². The minimum Gasteiger partial charge on any atom is -0.356 e. The van der Waals surface area contributed by atoms with Gasteiger partial charge in [0.1, 0.15) is 17.8 Å². The predicted molar refractivity (Wildman–Crippen MR) is 95.8 cm³/mol. The van der Waals surface area contributed by atoms with Gasteiger partial charge in [-0.25, -0.2) is 19.6 Å². The lowest BCUT2D eigenvalue weighted by molar-refractivity contribution is 0.0946. The highest BCUT2D eigenvalue weighted by Crippen LogP contribution is 2.25. The number of rotatable bonds is 5. The van der Waals surface area contributed by atoms with Crippen LogP contribution in [0, 0.1) is 0 Å². The van der Waals surface area contributed by atoms with E-state index in [1.165, 1.54) is 37.9 Å². The third-order valence-corrected chi connectivity index (χ3v) is 4.47. The molecule has 4 heterocycles. The summed E-state index contributed by atoms with van der Waals surface area (Å²) in [6.45, 7) is 2.98. The van der Waals surface area contributed by atoms with Gasteiger partial charge in [0, 0.05) is 32.0 Å². The molecule has 4 rings (SSSR count). The Morgan fingerprint density at radius 1 is 1.08 bits per heavy atom. The lowest BCUT2D eigenvalue weighted by atomic mass is 10.1. The molecule has 0 aromatic carbocycles. The molecule has 0 unspecified atom stereocenters. The lowest BCUT2D eigenvalue weighted by Crippen LogP contribution is -2.30. The van der Waals surface area contributed by atoms with E-state index < -0.39 is 0 Å². The highest BCUT2D eigenvalue weighted by atomic mass is 16.1. The van der Waals surface area contributed by atoms with Crippen molar-refractivity contribution in [3.8, 4) is 0 Å². The van der Waals surface area contributed by atoms with E-state index in [0.717, 1.165) is 29.9 Å². The van der Waals surface area contributed by atoms with Crippen molar-refractivity contribution in [1.82, 2.24) is 35.0 Å². The van der Waals surface area contributed by atoms with Crippen molar-refractivity contribution in [2.45, 2.75) is 25.8 Å². The van der Waals surface area contributed by atoms with Gasteiger partial charge in [-0.2, -0.15) is 5.10 Å². The van der Waals surface area contributed by atoms with Gasteiger partial charge < -0.3 is 10.2 Å². The number of carbonyl (C=O) groups excluding carboxylic acids is 1. The van der Waals surface area contributed by atoms with Gasteiger partial charge in [-0.3, -0.25) is 9.78 Å². The number of nitrogens with zero attached hydrogens (tertiary/aromatic N) is 7. The largest absolute Gasteiger partial charge is 0.356 e. The zero-order valence-electron chi connectivity index (χ0n) is 14.4. The van der Waals surface area contributed by atoms with E-state index in [0.29, 0.717) is 18.8 Å². The molecule has 3 aromatic rings. The Morgan fingerprint density at radius 2 is 1.96 bits per heavy atom. The summed E-state index contributed by atoms with van der Waals surface area (Å²) in [6, 6.07) is 0. The Labute approximate surface area is 150 Å². The molecule has 1 amide bonds. The molecule has 1 aliphatic rings. The van der Waals surface area contributed by atoms with E-state index in [-0.39, 0.29) is 5.91 Å². The van der Waals surface area contributed by atoms with Crippen LogP contribution in [0.3, 0.4) is 0 Å². The Hall–Kier alpha value is -3.10. The quantitative estimate of drug-likeness (QED) is 0.732. The van der Waals surface area contributed by atoms with E-state index >= 15 is 0 Å². The number of anilines is 1. The predicted octanol–water partition coefficient (Wildman–Crippen LogP) is 1.04. The Kier molecular flexibility index (Phi) is 4.67. The summed E-state index contributed by atoms with van der Waals surface area (Å²) in [7, 11) is 0. The summed E-state index contributed by atoms with van der Waals surface area (Å²) >= 11 is 0. The number of hydrogen-bond donors (Lipinski definition) is 1. The van der Waals surface area contributed by atoms with Crippen molar-refractivity contribution in [3.05, 3.63) is 36.8 Å². The van der Waals surface area contributed by atoms with Gasteiger partial charge in [0.15, 0.2) is 5.65 Å². The molecular formula is C17H20N8O. The molecule has 9 nitrogen and oxygen atoms in total. The maximum absolute atomic E-state index is 12.0. The second kappa shape index (κ2) is 7.42. The first-order valence-electron chi connectivity index (χ1n) is 8.78. The van der Waals surface area contributed by atoms with Gasteiger partial charge in [0.05, 0.1) is 24.3 Å². The molecule has 0 saturated carbocycles. The number of nitrogens with one attached hydrogen (secondary N) is 1. The molecule has 1 fully saturated rings. The molecule has 26 heavy (non-hydrogen) atoms. The molecule has 0 radical (unpaired) electrons. The van der Waals surface area contributed by atoms with Gasteiger partial charge >= 0.3 is 0 Å². The minimum absolute atomic E-state index is 0.252. The minimum atomic E-state index is -0.252. The molecule has 0 bridgehead atoms. The third kappa shape index (κ3) is 3.32. The Morgan fingerprint density at radius 3 is 2.77 bits per heavy atom. The summed E-state index contributed by atoms with van der Waals surface area (Å²) in [5, 5.41) is 8.21. The lowest BCUT2D eigenvalue weighted by Gasteiger charge is -2.27. The molecule has 9 heteroatoms. The first-order chi connectivity index (χ1) is 12.8. The number of aromatic nitrogens is 6. The third-order valence-electron chi connectivity index (χ3n) is 4.47. The average molecular weight is 352 g/mol. The zero-order valence-corrected chi connectivity index (χ0v) is 14.4. The molecule has 0 atom stereocenters. The maximum atomic E-state index is 12.0. The zero-order chi connectivity index (χ0) is 17.8. The molecule has 1 saturated heterocycles. The topological polar surface area (TPSA) is 102 Å². The van der Waals surface area contributed by atoms with Gasteiger partial charge in [-0.05, 0) is 19.3 Å². The molecular weight excluding hydrogens is 332 g/mol. The van der Waals surface area contributed by atoms with Crippen molar-refractivity contribution in [1.29, 1.82) is 0 Å². The molecule has 0 spiro atoms. The van der Waals surface area contributed by atoms with Crippen molar-refractivity contribution in [2.24, 2.45) is 0 Å². The highest BCUT2D eigenvalue weighted by molar-refractivity contribution is 5.91. The standard InChI is InChI=1S/C17H20N8O/c26-17(14-11-18-4-5-19-14)20-6-9-25-16-13(10-23-25)15(21-12-22-16)24-7-2-1-3-8-24/h4-5,10-12H,1-3,6-9H2,(H,20,26). The molecule has 3 aromatic heterocycles. The van der Waals surface area contributed by atoms with Crippen molar-refractivity contribution < 1.29 is 4.79 Å². The van der Waals surface area contributed by atoms with Crippen molar-refractivity contribution >= 4 is 22.8 Å². The Bertz CT molecular complexity index is 888. The number of carbonyl (C=O) groups is 1. The van der Waals surface area contributed by atoms with Crippen LogP contribution < -0.4 is 10.2 Å². The van der Waals surface area contributed by atoms with E-state index in [1.807, 2.05) is 6.20 Å². The fourth-order valence-corrected chi connectivity index (χ4v) is 3.18. The highest BCUT2D eigenvalue weighted by Gasteiger charge is 2.17. The van der Waals surface area contributed by atoms with Crippen LogP contribution in [0.1, 0.15) is 29.8 Å². The van der Waals surface area contributed by atoms with Crippen LogP contribution in [0.2, 0.25) is 0 Å². The smallest absolute Gasteiger partial charge is 0.271 e. The maximum Gasteiger partial charge on any atom is 0.271 e. The number of fused-ring (bicyclic) bond motifs is 1. The van der Waals surface area contributed by atoms with Gasteiger partial charge in [0.2, 0.25) is 0 Å². The fraction of sp³-hybridized carbons (Fsp3) is 0.412. The Balaban J connectivity index is 1.45. The van der Waals surface area contributed by atoms with Crippen molar-refractivity contribution in [2.75, 3.05) is 24.5 Å². The molecule has 0 aliphatic carbocycles. The summed E-state index contributed by atoms with van der Waals surface area (Å²) in [5.74, 6) is 0.697. The molecule has 1 aliphatic heterocycles. The van der Waals surface area contributed by atoms with E-state index in [9.17, 15) is 4.79 Å². The van der Waals surface area contributed by atoms with Gasteiger partial charge in [-0.1, -0.05) is 0 Å². The number of amides is 1. The van der Waals surface area contributed by atoms with Crippen LogP contribution in [0.15, 0.2) is 31.1 Å². The van der Waals surface area contributed by atoms with Gasteiger partial charge in [-0.15, -0.1) is 0 Å². The van der Waals surface area contributed by atoms with Crippen LogP contribution in [0.4, 0.5) is 5.82 Å². The van der Waals surface area contributed by atoms with E-state index in [2.05, 4.69) is 35.3 Å². The SMILES string of the molecule is O=C(NCCn1ncc2c(N3CCCCC3)ncnc21)c1cnccn1. The number of hydrogen-bond acceptors (Lipinski definition) is 7. The molecule has 134 valence electrons. The van der Waals surface area contributed by atoms with Crippen LogP contribution >= 0.6 is 0 Å². The fourth-order valence-electron chi connectivity index (χ4n) is 3.18. The summed E-state index contributed by atoms with van der Waals surface area (Å²) < 4.78 is 1.79. The van der Waals surface area contributed by atoms with Crippen LogP contribution in [0.5, 0.6) is 0 Å². The summed E-state index contributed by atoms with van der Waals surface area (Å²) in [4.78, 5) is 31.1. The normalized spacial score (nSPS) is 14.5. The number of piperidine rings is 1. The summed E-state index contributed by atoms with van der Waals surface area (Å²) in [5.41, 5.74) is 1.09. The van der Waals surface area contributed by atoms with Crippen LogP contribution in [-0.4, -0.2) is 55.3 Å². The first-order valence-corrected chi connectivity index (χ1v) is 8.78. The van der Waals surface area contributed by atoms with Gasteiger partial charge in [0.25, 0.3) is 5.91 Å². The van der Waals surface area contributed by atoms with E-state index in [4.69, 9.17) is 0 Å². The van der Waals surface area contributed by atoms with Crippen LogP contribution in [0.25, 0.3) is 11.0 Å².